The number of aliphatic hydroxyl groups is 1. The van der Waals surface area contributed by atoms with Crippen LogP contribution in [0.4, 0.5) is 0 Å². The highest BCUT2D eigenvalue weighted by Gasteiger charge is 2.24. The van der Waals surface area contributed by atoms with Crippen LogP contribution in [0.25, 0.3) is 0 Å². The summed E-state index contributed by atoms with van der Waals surface area (Å²) >= 11 is 11.5. The predicted octanol–water partition coefficient (Wildman–Crippen LogP) is 2.21. The van der Waals surface area contributed by atoms with Gasteiger partial charge < -0.3 is 10.4 Å². The summed E-state index contributed by atoms with van der Waals surface area (Å²) in [5.41, 5.74) is 0.179. The first-order valence-corrected chi connectivity index (χ1v) is 7.01. The van der Waals surface area contributed by atoms with E-state index in [1.54, 1.807) is 0 Å². The molecule has 1 heterocycles. The molecular formula is C12H15Cl2N3O2. The highest BCUT2D eigenvalue weighted by atomic mass is 35.5. The minimum absolute atomic E-state index is 0.00464. The van der Waals surface area contributed by atoms with E-state index in [9.17, 15) is 9.90 Å². The fourth-order valence-electron chi connectivity index (χ4n) is 2.21. The normalized spacial score (nSPS) is 23.7. The van der Waals surface area contributed by atoms with Gasteiger partial charge in [0, 0.05) is 0 Å². The third-order valence-corrected chi connectivity index (χ3v) is 3.72. The van der Waals surface area contributed by atoms with Gasteiger partial charge in [-0.3, -0.25) is 4.79 Å². The minimum atomic E-state index is -0.518. The molecule has 1 fully saturated rings. The van der Waals surface area contributed by atoms with E-state index in [1.807, 2.05) is 0 Å². The first-order chi connectivity index (χ1) is 9.08. The van der Waals surface area contributed by atoms with Crippen LogP contribution >= 0.6 is 23.2 Å². The zero-order chi connectivity index (χ0) is 13.8. The van der Waals surface area contributed by atoms with Crippen LogP contribution in [0.1, 0.15) is 42.5 Å². The van der Waals surface area contributed by atoms with Crippen LogP contribution in [0, 0.1) is 0 Å². The van der Waals surface area contributed by atoms with Crippen molar-refractivity contribution < 1.29 is 9.90 Å². The molecule has 0 aromatic carbocycles. The van der Waals surface area contributed by atoms with E-state index in [4.69, 9.17) is 23.2 Å². The van der Waals surface area contributed by atoms with Gasteiger partial charge in [0.1, 0.15) is 0 Å². The quantitative estimate of drug-likeness (QED) is 0.821. The molecule has 1 aromatic heterocycles. The number of nitrogens with one attached hydrogen (secondary N) is 1. The average Bonchev–Trinajstić information content (AvgIpc) is 2.58. The van der Waals surface area contributed by atoms with Crippen LogP contribution in [0.2, 0.25) is 10.3 Å². The van der Waals surface area contributed by atoms with Crippen molar-refractivity contribution in [1.29, 1.82) is 0 Å². The molecule has 0 aliphatic heterocycles. The summed E-state index contributed by atoms with van der Waals surface area (Å²) in [4.78, 5) is 12.1. The third kappa shape index (κ3) is 3.78. The van der Waals surface area contributed by atoms with E-state index >= 15 is 0 Å². The van der Waals surface area contributed by atoms with Gasteiger partial charge in [0.25, 0.3) is 5.91 Å². The summed E-state index contributed by atoms with van der Waals surface area (Å²) < 4.78 is 0. The topological polar surface area (TPSA) is 75.1 Å². The highest BCUT2D eigenvalue weighted by Crippen LogP contribution is 2.20. The molecule has 5 nitrogen and oxygen atoms in total. The summed E-state index contributed by atoms with van der Waals surface area (Å²) in [6.07, 6.45) is 4.00. The van der Waals surface area contributed by atoms with Crippen molar-refractivity contribution >= 4 is 29.1 Å². The SMILES string of the molecule is O=C(NC1CCCCCC1O)c1cc(Cl)nnc1Cl. The van der Waals surface area contributed by atoms with Crippen molar-refractivity contribution in [2.24, 2.45) is 0 Å². The molecular weight excluding hydrogens is 289 g/mol. The molecule has 1 aliphatic rings. The smallest absolute Gasteiger partial charge is 0.254 e. The zero-order valence-electron chi connectivity index (χ0n) is 10.3. The Morgan fingerprint density at radius 2 is 2.00 bits per heavy atom. The molecule has 104 valence electrons. The fraction of sp³-hybridized carbons (Fsp3) is 0.583. The number of nitrogens with zero attached hydrogens (tertiary/aromatic N) is 2. The number of aliphatic hydroxyl groups excluding tert-OH is 1. The van der Waals surface area contributed by atoms with Gasteiger partial charge in [0.2, 0.25) is 0 Å². The molecule has 7 heteroatoms. The van der Waals surface area contributed by atoms with Gasteiger partial charge in [-0.1, -0.05) is 42.5 Å². The van der Waals surface area contributed by atoms with Crippen molar-refractivity contribution in [3.05, 3.63) is 21.9 Å². The zero-order valence-corrected chi connectivity index (χ0v) is 11.8. The van der Waals surface area contributed by atoms with Gasteiger partial charge in [-0.25, -0.2) is 0 Å². The predicted molar refractivity (Wildman–Crippen MR) is 72.4 cm³/mol. The molecule has 0 spiro atoms. The Hall–Kier alpha value is -0.910. The first kappa shape index (κ1) is 14.5. The summed E-state index contributed by atoms with van der Waals surface area (Å²) in [7, 11) is 0. The lowest BCUT2D eigenvalue weighted by atomic mass is 10.1. The minimum Gasteiger partial charge on any atom is -0.391 e. The van der Waals surface area contributed by atoms with Gasteiger partial charge in [-0.15, -0.1) is 10.2 Å². The molecule has 1 amide bonds. The second kappa shape index (κ2) is 6.50. The Kier molecular flexibility index (Phi) is 4.96. The van der Waals surface area contributed by atoms with E-state index in [1.165, 1.54) is 6.07 Å². The van der Waals surface area contributed by atoms with Crippen molar-refractivity contribution in [2.75, 3.05) is 0 Å². The number of halogens is 2. The van der Waals surface area contributed by atoms with Crippen molar-refractivity contribution in [2.45, 2.75) is 44.2 Å². The molecule has 1 aliphatic carbocycles. The standard InChI is InChI=1S/C12H15Cl2N3O2/c13-10-6-7(11(14)17-16-10)12(19)15-8-4-2-1-3-5-9(8)18/h6,8-9,18H,1-5H2,(H,15,19). The number of aromatic nitrogens is 2. The Labute approximate surface area is 121 Å². The number of rotatable bonds is 2. The molecule has 19 heavy (non-hydrogen) atoms. The maximum absolute atomic E-state index is 12.1. The summed E-state index contributed by atoms with van der Waals surface area (Å²) in [5, 5.41) is 20.0. The Morgan fingerprint density at radius 1 is 1.26 bits per heavy atom. The van der Waals surface area contributed by atoms with Gasteiger partial charge >= 0.3 is 0 Å². The Balaban J connectivity index is 2.09. The van der Waals surface area contributed by atoms with Crippen molar-refractivity contribution in [1.82, 2.24) is 15.5 Å². The molecule has 1 saturated carbocycles. The van der Waals surface area contributed by atoms with Crippen molar-refractivity contribution in [3.63, 3.8) is 0 Å². The highest BCUT2D eigenvalue weighted by molar-refractivity contribution is 6.34. The van der Waals surface area contributed by atoms with Gasteiger partial charge in [-0.05, 0) is 18.9 Å². The molecule has 2 unspecified atom stereocenters. The van der Waals surface area contributed by atoms with E-state index < -0.39 is 6.10 Å². The number of carbonyl (C=O) groups excluding carboxylic acids is 1. The average molecular weight is 304 g/mol. The Morgan fingerprint density at radius 3 is 2.79 bits per heavy atom. The van der Waals surface area contributed by atoms with Crippen molar-refractivity contribution in [3.8, 4) is 0 Å². The van der Waals surface area contributed by atoms with E-state index in [0.29, 0.717) is 6.42 Å². The number of hydrogen-bond acceptors (Lipinski definition) is 4. The molecule has 2 atom stereocenters. The maximum Gasteiger partial charge on any atom is 0.254 e. The maximum atomic E-state index is 12.1. The van der Waals surface area contributed by atoms with Crippen LogP contribution in [0.15, 0.2) is 6.07 Å². The number of hydrogen-bond donors (Lipinski definition) is 2. The van der Waals surface area contributed by atoms with Gasteiger partial charge in [0.05, 0.1) is 17.7 Å². The lowest BCUT2D eigenvalue weighted by Crippen LogP contribution is -2.42. The van der Waals surface area contributed by atoms with Gasteiger partial charge in [0.15, 0.2) is 10.3 Å². The lowest BCUT2D eigenvalue weighted by Gasteiger charge is -2.21. The second-order valence-electron chi connectivity index (χ2n) is 4.66. The van der Waals surface area contributed by atoms with E-state index in [-0.39, 0.29) is 27.8 Å². The molecule has 0 radical (unpaired) electrons. The second-order valence-corrected chi connectivity index (χ2v) is 5.40. The molecule has 0 bridgehead atoms. The van der Waals surface area contributed by atoms with Crippen LogP contribution < -0.4 is 5.32 Å². The van der Waals surface area contributed by atoms with Crippen LogP contribution in [0.5, 0.6) is 0 Å². The Bertz CT molecular complexity index is 470. The molecule has 2 N–H and O–H groups in total. The molecule has 0 saturated heterocycles. The molecule has 1 aromatic rings. The fourth-order valence-corrected chi connectivity index (χ4v) is 2.54. The monoisotopic (exact) mass is 303 g/mol. The van der Waals surface area contributed by atoms with E-state index in [2.05, 4.69) is 15.5 Å². The summed E-state index contributed by atoms with van der Waals surface area (Å²) in [6.45, 7) is 0. The number of amides is 1. The number of carbonyl (C=O) groups is 1. The summed E-state index contributed by atoms with van der Waals surface area (Å²) in [5.74, 6) is -0.382. The summed E-state index contributed by atoms with van der Waals surface area (Å²) in [6, 6.07) is 1.12. The lowest BCUT2D eigenvalue weighted by molar-refractivity contribution is 0.0818. The molecule has 2 rings (SSSR count). The van der Waals surface area contributed by atoms with Crippen LogP contribution in [-0.2, 0) is 0 Å². The third-order valence-electron chi connectivity index (χ3n) is 3.26. The first-order valence-electron chi connectivity index (χ1n) is 6.25. The largest absolute Gasteiger partial charge is 0.391 e. The van der Waals surface area contributed by atoms with Crippen LogP contribution in [0.3, 0.4) is 0 Å². The van der Waals surface area contributed by atoms with E-state index in [0.717, 1.165) is 25.7 Å². The van der Waals surface area contributed by atoms with Gasteiger partial charge in [-0.2, -0.15) is 0 Å². The van der Waals surface area contributed by atoms with Crippen LogP contribution in [-0.4, -0.2) is 33.4 Å².